The molecule has 0 aromatic carbocycles. The molecule has 6 unspecified atom stereocenters. The zero-order valence-electron chi connectivity index (χ0n) is 14.0. The van der Waals surface area contributed by atoms with Gasteiger partial charge in [0, 0.05) is 12.4 Å². The summed E-state index contributed by atoms with van der Waals surface area (Å²) in [5.41, 5.74) is 4.64. The molecule has 4 fully saturated rings. The van der Waals surface area contributed by atoms with E-state index in [-0.39, 0.29) is 0 Å². The third kappa shape index (κ3) is 3.23. The van der Waals surface area contributed by atoms with Gasteiger partial charge in [-0.1, -0.05) is 12.8 Å². The number of hydrogen-bond donors (Lipinski definition) is 2. The van der Waals surface area contributed by atoms with Crippen LogP contribution < -0.4 is 10.9 Å². The summed E-state index contributed by atoms with van der Waals surface area (Å²) in [6, 6.07) is 0. The van der Waals surface area contributed by atoms with Crippen LogP contribution in [0.25, 0.3) is 0 Å². The molecule has 4 saturated carbocycles. The molecule has 0 spiro atoms. The highest BCUT2D eigenvalue weighted by Crippen LogP contribution is 2.48. The molecule has 2 amide bonds. The van der Waals surface area contributed by atoms with E-state index in [1.807, 2.05) is 12.4 Å². The zero-order valence-corrected chi connectivity index (χ0v) is 14.0. The second-order valence-electron chi connectivity index (χ2n) is 8.12. The van der Waals surface area contributed by atoms with Crippen molar-refractivity contribution in [3.05, 3.63) is 0 Å². The van der Waals surface area contributed by atoms with Crippen LogP contribution in [0.15, 0.2) is 10.2 Å². The minimum atomic E-state index is -0.750. The number of amides is 2. The Balaban J connectivity index is 1.18. The molecule has 4 aliphatic rings. The van der Waals surface area contributed by atoms with Crippen LogP contribution in [0.4, 0.5) is 0 Å². The van der Waals surface area contributed by atoms with Crippen molar-refractivity contribution >= 4 is 24.2 Å². The number of rotatable bonds is 4. The van der Waals surface area contributed by atoms with Gasteiger partial charge in [-0.2, -0.15) is 10.2 Å². The number of nitrogens with one attached hydrogen (secondary N) is 2. The zero-order chi connectivity index (χ0) is 16.5. The van der Waals surface area contributed by atoms with Gasteiger partial charge < -0.3 is 0 Å². The highest BCUT2D eigenvalue weighted by Gasteiger charge is 2.39. The molecule has 0 heterocycles. The molecule has 0 radical (unpaired) electrons. The van der Waals surface area contributed by atoms with Crippen LogP contribution in [-0.2, 0) is 9.59 Å². The summed E-state index contributed by atoms with van der Waals surface area (Å²) in [4.78, 5) is 23.4. The summed E-state index contributed by atoms with van der Waals surface area (Å²) in [5.74, 6) is 2.53. The van der Waals surface area contributed by atoms with Gasteiger partial charge in [0.1, 0.15) is 0 Å². The summed E-state index contributed by atoms with van der Waals surface area (Å²) in [7, 11) is 0. The minimum Gasteiger partial charge on any atom is -0.262 e. The Morgan fingerprint density at radius 2 is 1.17 bits per heavy atom. The average molecular weight is 330 g/mol. The summed E-state index contributed by atoms with van der Waals surface area (Å²) < 4.78 is 0. The Labute approximate surface area is 142 Å². The van der Waals surface area contributed by atoms with Gasteiger partial charge >= 0.3 is 11.8 Å². The first-order valence-corrected chi connectivity index (χ1v) is 9.35. The Morgan fingerprint density at radius 1 is 0.708 bits per heavy atom. The van der Waals surface area contributed by atoms with Gasteiger partial charge in [0.15, 0.2) is 0 Å². The monoisotopic (exact) mass is 330 g/mol. The van der Waals surface area contributed by atoms with E-state index in [2.05, 4.69) is 21.1 Å². The van der Waals surface area contributed by atoms with Gasteiger partial charge in [-0.25, -0.2) is 10.9 Å². The molecule has 6 heteroatoms. The van der Waals surface area contributed by atoms with Gasteiger partial charge in [0.05, 0.1) is 0 Å². The van der Waals surface area contributed by atoms with E-state index >= 15 is 0 Å². The fourth-order valence-electron chi connectivity index (χ4n) is 5.44. The van der Waals surface area contributed by atoms with Gasteiger partial charge in [-0.05, 0) is 74.0 Å². The number of hydrogen-bond acceptors (Lipinski definition) is 4. The lowest BCUT2D eigenvalue weighted by atomic mass is 9.90. The second kappa shape index (κ2) is 6.65. The summed E-state index contributed by atoms with van der Waals surface area (Å²) in [5, 5.41) is 7.95. The standard InChI is InChI=1S/C18H26N4O2/c23-17(21-19-9-15-7-11-1-3-13(15)5-11)18(24)22-20-10-16-8-12-2-4-14(16)6-12/h9-16H,1-8H2,(H,21,23)(H,22,24)/b19-9+,20-10+. The molecule has 0 aromatic heterocycles. The van der Waals surface area contributed by atoms with Gasteiger partial charge in [-0.15, -0.1) is 0 Å². The Kier molecular flexibility index (Phi) is 4.37. The van der Waals surface area contributed by atoms with Crippen molar-refractivity contribution in [2.45, 2.75) is 51.4 Å². The molecule has 2 N–H and O–H groups in total. The van der Waals surface area contributed by atoms with E-state index in [1.54, 1.807) is 0 Å². The van der Waals surface area contributed by atoms with Crippen LogP contribution >= 0.6 is 0 Å². The number of carbonyl (C=O) groups excluding carboxylic acids is 2. The van der Waals surface area contributed by atoms with Gasteiger partial charge in [0.25, 0.3) is 0 Å². The van der Waals surface area contributed by atoms with E-state index < -0.39 is 11.8 Å². The molecule has 4 bridgehead atoms. The minimum absolute atomic E-state index is 0.461. The van der Waals surface area contributed by atoms with Crippen molar-refractivity contribution in [2.75, 3.05) is 0 Å². The molecule has 0 aliphatic heterocycles. The fourth-order valence-corrected chi connectivity index (χ4v) is 5.44. The maximum Gasteiger partial charge on any atom is 0.331 e. The van der Waals surface area contributed by atoms with Crippen molar-refractivity contribution in [2.24, 2.45) is 45.7 Å². The number of hydrazone groups is 2. The van der Waals surface area contributed by atoms with Crippen LogP contribution in [0.1, 0.15) is 51.4 Å². The first-order chi connectivity index (χ1) is 11.7. The van der Waals surface area contributed by atoms with Crippen molar-refractivity contribution in [3.8, 4) is 0 Å². The lowest BCUT2D eigenvalue weighted by Gasteiger charge is -2.16. The molecule has 6 atom stereocenters. The molecule has 4 aliphatic carbocycles. The van der Waals surface area contributed by atoms with Crippen LogP contribution in [0, 0.1) is 35.5 Å². The van der Waals surface area contributed by atoms with E-state index in [1.165, 1.54) is 51.4 Å². The van der Waals surface area contributed by atoms with Crippen LogP contribution in [-0.4, -0.2) is 24.2 Å². The number of nitrogens with zero attached hydrogens (tertiary/aromatic N) is 2. The van der Waals surface area contributed by atoms with Crippen molar-refractivity contribution in [1.82, 2.24) is 10.9 Å². The van der Waals surface area contributed by atoms with E-state index in [9.17, 15) is 9.59 Å². The molecule has 130 valence electrons. The van der Waals surface area contributed by atoms with Crippen LogP contribution in [0.2, 0.25) is 0 Å². The molecular formula is C18H26N4O2. The second-order valence-corrected chi connectivity index (χ2v) is 8.12. The summed E-state index contributed by atoms with van der Waals surface area (Å²) in [6.07, 6.45) is 13.8. The highest BCUT2D eigenvalue weighted by molar-refractivity contribution is 6.35. The Morgan fingerprint density at radius 3 is 1.50 bits per heavy atom. The fraction of sp³-hybridized carbons (Fsp3) is 0.778. The topological polar surface area (TPSA) is 82.9 Å². The van der Waals surface area contributed by atoms with Gasteiger partial charge in [0.2, 0.25) is 0 Å². The highest BCUT2D eigenvalue weighted by atomic mass is 16.2. The predicted octanol–water partition coefficient (Wildman–Crippen LogP) is 2.06. The summed E-state index contributed by atoms with van der Waals surface area (Å²) >= 11 is 0. The van der Waals surface area contributed by atoms with Crippen molar-refractivity contribution in [3.63, 3.8) is 0 Å². The maximum absolute atomic E-state index is 11.7. The maximum atomic E-state index is 11.7. The average Bonchev–Trinajstić information content (AvgIpc) is 3.35. The van der Waals surface area contributed by atoms with E-state index in [4.69, 9.17) is 0 Å². The van der Waals surface area contributed by atoms with Crippen molar-refractivity contribution in [1.29, 1.82) is 0 Å². The first-order valence-electron chi connectivity index (χ1n) is 9.35. The third-order valence-corrected chi connectivity index (χ3v) is 6.66. The Bertz CT molecular complexity index is 523. The number of carbonyl (C=O) groups is 2. The Hall–Kier alpha value is -1.72. The number of fused-ring (bicyclic) bond motifs is 4. The summed E-state index contributed by atoms with van der Waals surface area (Å²) in [6.45, 7) is 0. The first kappa shape index (κ1) is 15.8. The lowest BCUT2D eigenvalue weighted by Crippen LogP contribution is -2.35. The molecular weight excluding hydrogens is 304 g/mol. The third-order valence-electron chi connectivity index (χ3n) is 6.66. The van der Waals surface area contributed by atoms with Crippen molar-refractivity contribution < 1.29 is 9.59 Å². The normalized spacial score (nSPS) is 40.0. The largest absolute Gasteiger partial charge is 0.331 e. The lowest BCUT2D eigenvalue weighted by molar-refractivity contribution is -0.139. The molecule has 0 aromatic rings. The SMILES string of the molecule is O=C(N/N=C/C1CC2CCC1C2)C(=O)N/N=C/C1CC2CCC1C2. The smallest absolute Gasteiger partial charge is 0.262 e. The van der Waals surface area contributed by atoms with E-state index in [0.29, 0.717) is 11.8 Å². The quantitative estimate of drug-likeness (QED) is 0.470. The van der Waals surface area contributed by atoms with Crippen LogP contribution in [0.5, 0.6) is 0 Å². The van der Waals surface area contributed by atoms with Crippen LogP contribution in [0.3, 0.4) is 0 Å². The molecule has 4 rings (SSSR count). The molecule has 0 saturated heterocycles. The van der Waals surface area contributed by atoms with E-state index in [0.717, 1.165) is 23.7 Å². The predicted molar refractivity (Wildman–Crippen MR) is 91.1 cm³/mol. The molecule has 6 nitrogen and oxygen atoms in total. The van der Waals surface area contributed by atoms with Gasteiger partial charge in [-0.3, -0.25) is 9.59 Å². The molecule has 24 heavy (non-hydrogen) atoms.